The lowest BCUT2D eigenvalue weighted by molar-refractivity contribution is -0.175. The highest BCUT2D eigenvalue weighted by molar-refractivity contribution is 5.44. The molecule has 28 heavy (non-hydrogen) atoms. The average molecular weight is 399 g/mol. The molecule has 0 bridgehead atoms. The van der Waals surface area contributed by atoms with Gasteiger partial charge in [0.25, 0.3) is 0 Å². The van der Waals surface area contributed by atoms with Crippen molar-refractivity contribution in [1.29, 1.82) is 0 Å². The molecule has 1 N–H and O–H groups in total. The number of fused-ring (bicyclic) bond motifs is 1. The molecule has 3 rings (SSSR count). The van der Waals surface area contributed by atoms with E-state index >= 15 is 0 Å². The Balaban J connectivity index is 2.01. The van der Waals surface area contributed by atoms with Crippen LogP contribution >= 0.6 is 0 Å². The van der Waals surface area contributed by atoms with Crippen LogP contribution in [-0.4, -0.2) is 48.0 Å². The van der Waals surface area contributed by atoms with Gasteiger partial charge in [-0.25, -0.2) is 0 Å². The molecular formula is C22H32F3NO2. The van der Waals surface area contributed by atoms with Crippen LogP contribution < -0.4 is 4.74 Å². The number of alkyl halides is 3. The molecule has 0 spiro atoms. The van der Waals surface area contributed by atoms with Crippen LogP contribution in [0.3, 0.4) is 0 Å². The van der Waals surface area contributed by atoms with E-state index in [4.69, 9.17) is 4.74 Å². The normalized spacial score (nSPS) is 34.1. The summed E-state index contributed by atoms with van der Waals surface area (Å²) in [5.41, 5.74) is 0.672. The van der Waals surface area contributed by atoms with Crippen molar-refractivity contribution in [2.75, 3.05) is 20.2 Å². The molecule has 1 aliphatic heterocycles. The molecule has 6 heteroatoms. The number of nitrogens with zero attached hydrogens (tertiary/aromatic N) is 1. The Morgan fingerprint density at radius 1 is 1.25 bits per heavy atom. The second-order valence-electron chi connectivity index (χ2n) is 8.86. The first kappa shape index (κ1) is 21.4. The lowest BCUT2D eigenvalue weighted by Crippen LogP contribution is -2.69. The molecule has 1 aromatic carbocycles. The summed E-state index contributed by atoms with van der Waals surface area (Å²) in [6.07, 6.45) is -2.03. The second-order valence-corrected chi connectivity index (χ2v) is 8.86. The number of rotatable bonds is 4. The van der Waals surface area contributed by atoms with Crippen molar-refractivity contribution in [2.45, 2.75) is 76.1 Å². The molecule has 1 aromatic rings. The molecule has 2 aliphatic rings. The molecule has 3 nitrogen and oxygen atoms in total. The predicted octanol–water partition coefficient (Wildman–Crippen LogP) is 4.84. The number of aryl methyl sites for hydroxylation is 1. The van der Waals surface area contributed by atoms with Crippen LogP contribution in [0.4, 0.5) is 13.2 Å². The van der Waals surface area contributed by atoms with Crippen LogP contribution in [-0.2, 0) is 5.41 Å². The smallest absolute Gasteiger partial charge is 0.390 e. The Bertz CT molecular complexity index is 708. The molecular weight excluding hydrogens is 367 g/mol. The van der Waals surface area contributed by atoms with E-state index in [9.17, 15) is 18.3 Å². The van der Waals surface area contributed by atoms with Gasteiger partial charge >= 0.3 is 6.18 Å². The van der Waals surface area contributed by atoms with Crippen LogP contribution in [0.1, 0.15) is 57.1 Å². The number of aliphatic hydroxyl groups is 1. The third-order valence-corrected chi connectivity index (χ3v) is 7.25. The number of halogens is 3. The number of hydrogen-bond acceptors (Lipinski definition) is 3. The van der Waals surface area contributed by atoms with Gasteiger partial charge < -0.3 is 9.84 Å². The molecule has 1 saturated carbocycles. The Morgan fingerprint density at radius 3 is 2.61 bits per heavy atom. The van der Waals surface area contributed by atoms with Crippen molar-refractivity contribution < 1.29 is 23.0 Å². The summed E-state index contributed by atoms with van der Waals surface area (Å²) in [6, 6.07) is 5.63. The lowest BCUT2D eigenvalue weighted by atomic mass is 9.51. The monoisotopic (exact) mass is 399 g/mol. The fourth-order valence-corrected chi connectivity index (χ4v) is 5.63. The van der Waals surface area contributed by atoms with E-state index in [0.29, 0.717) is 25.3 Å². The lowest BCUT2D eigenvalue weighted by Gasteiger charge is -2.61. The molecule has 2 fully saturated rings. The number of likely N-dealkylation sites (tertiary alicyclic amines) is 1. The Kier molecular flexibility index (Phi) is 5.76. The van der Waals surface area contributed by atoms with Crippen molar-refractivity contribution in [1.82, 2.24) is 4.90 Å². The Hall–Kier alpha value is -1.27. The molecule has 0 radical (unpaired) electrons. The molecule has 4 atom stereocenters. The van der Waals surface area contributed by atoms with E-state index in [1.807, 2.05) is 36.9 Å². The van der Waals surface area contributed by atoms with Gasteiger partial charge in [-0.1, -0.05) is 13.0 Å². The molecule has 1 saturated heterocycles. The number of ether oxygens (including phenoxy) is 1. The van der Waals surface area contributed by atoms with Gasteiger partial charge in [0.2, 0.25) is 0 Å². The van der Waals surface area contributed by atoms with Gasteiger partial charge in [-0.3, -0.25) is 4.90 Å². The summed E-state index contributed by atoms with van der Waals surface area (Å²) in [5, 5.41) is 12.0. The van der Waals surface area contributed by atoms with Gasteiger partial charge in [0.15, 0.2) is 0 Å². The van der Waals surface area contributed by atoms with Crippen molar-refractivity contribution >= 4 is 0 Å². The molecule has 0 aromatic heterocycles. The minimum atomic E-state index is -4.18. The molecule has 158 valence electrons. The standard InChI is InChI=1S/C22H32F3NO2/c1-15-7-8-21(27)17(3)26(12-10-22(23,24)25)11-9-20(21,14-15)19-13-18(28-4)6-5-16(19)2/h5-6,13,15,17,27H,7-12,14H2,1-4H3. The van der Waals surface area contributed by atoms with E-state index in [1.165, 1.54) is 0 Å². The summed E-state index contributed by atoms with van der Waals surface area (Å²) in [6.45, 7) is 6.65. The van der Waals surface area contributed by atoms with Gasteiger partial charge in [0, 0.05) is 18.0 Å². The number of benzene rings is 1. The first-order valence-electron chi connectivity index (χ1n) is 10.2. The maximum atomic E-state index is 12.8. The van der Waals surface area contributed by atoms with Crippen molar-refractivity contribution in [3.05, 3.63) is 29.3 Å². The van der Waals surface area contributed by atoms with Gasteiger partial charge in [0.1, 0.15) is 5.75 Å². The number of hydrogen-bond donors (Lipinski definition) is 1. The van der Waals surface area contributed by atoms with E-state index in [1.54, 1.807) is 7.11 Å². The fourth-order valence-electron chi connectivity index (χ4n) is 5.63. The Labute approximate surface area is 165 Å². The van der Waals surface area contributed by atoms with Crippen molar-refractivity contribution in [3.63, 3.8) is 0 Å². The van der Waals surface area contributed by atoms with E-state index < -0.39 is 23.6 Å². The minimum absolute atomic E-state index is 0.0598. The highest BCUT2D eigenvalue weighted by Gasteiger charge is 2.60. The Morgan fingerprint density at radius 2 is 1.96 bits per heavy atom. The van der Waals surface area contributed by atoms with Crippen LogP contribution in [0.2, 0.25) is 0 Å². The van der Waals surface area contributed by atoms with Crippen LogP contribution in [0.25, 0.3) is 0 Å². The topological polar surface area (TPSA) is 32.7 Å². The summed E-state index contributed by atoms with van der Waals surface area (Å²) in [4.78, 5) is 1.83. The van der Waals surface area contributed by atoms with E-state index in [0.717, 1.165) is 29.7 Å². The van der Waals surface area contributed by atoms with Crippen molar-refractivity contribution in [2.24, 2.45) is 5.92 Å². The third-order valence-electron chi connectivity index (χ3n) is 7.25. The minimum Gasteiger partial charge on any atom is -0.497 e. The largest absolute Gasteiger partial charge is 0.497 e. The molecule has 1 aliphatic carbocycles. The zero-order chi connectivity index (χ0) is 20.7. The molecule has 1 heterocycles. The first-order chi connectivity index (χ1) is 13.0. The fraction of sp³-hybridized carbons (Fsp3) is 0.727. The van der Waals surface area contributed by atoms with Gasteiger partial charge in [-0.15, -0.1) is 0 Å². The molecule has 4 unspecified atom stereocenters. The molecule has 0 amide bonds. The van der Waals surface area contributed by atoms with Gasteiger partial charge in [0.05, 0.1) is 19.1 Å². The summed E-state index contributed by atoms with van der Waals surface area (Å²) in [5.74, 6) is 1.21. The summed E-state index contributed by atoms with van der Waals surface area (Å²) >= 11 is 0. The maximum Gasteiger partial charge on any atom is 0.390 e. The number of piperidine rings is 1. The zero-order valence-corrected chi connectivity index (χ0v) is 17.3. The second kappa shape index (κ2) is 7.52. The van der Waals surface area contributed by atoms with Gasteiger partial charge in [-0.2, -0.15) is 13.2 Å². The zero-order valence-electron chi connectivity index (χ0n) is 17.3. The van der Waals surface area contributed by atoms with E-state index in [-0.39, 0.29) is 12.6 Å². The van der Waals surface area contributed by atoms with Crippen LogP contribution in [0, 0.1) is 12.8 Å². The maximum absolute atomic E-state index is 12.8. The highest BCUT2D eigenvalue weighted by atomic mass is 19.4. The quantitative estimate of drug-likeness (QED) is 0.786. The van der Waals surface area contributed by atoms with Gasteiger partial charge in [-0.05, 0) is 75.3 Å². The predicted molar refractivity (Wildman–Crippen MR) is 104 cm³/mol. The van der Waals surface area contributed by atoms with Crippen LogP contribution in [0.15, 0.2) is 18.2 Å². The summed E-state index contributed by atoms with van der Waals surface area (Å²) in [7, 11) is 1.63. The first-order valence-corrected chi connectivity index (χ1v) is 10.2. The van der Waals surface area contributed by atoms with E-state index in [2.05, 4.69) is 6.92 Å². The SMILES string of the molecule is COc1ccc(C)c(C23CCN(CCC(F)(F)F)C(C)C2(O)CCC(C)C3)c1. The highest BCUT2D eigenvalue weighted by Crippen LogP contribution is 2.56. The number of methoxy groups -OCH3 is 1. The average Bonchev–Trinajstić information content (AvgIpc) is 2.63. The third kappa shape index (κ3) is 3.65. The van der Waals surface area contributed by atoms with Crippen LogP contribution in [0.5, 0.6) is 5.75 Å². The van der Waals surface area contributed by atoms with Crippen molar-refractivity contribution in [3.8, 4) is 5.75 Å². The summed E-state index contributed by atoms with van der Waals surface area (Å²) < 4.78 is 43.8.